The number of hydrogen-bond acceptors (Lipinski definition) is 6. The first kappa shape index (κ1) is 15.3. The number of phenolic OH excluding ortho intramolecular Hbond substituents is 2. The van der Waals surface area contributed by atoms with Crippen molar-refractivity contribution in [3.63, 3.8) is 0 Å². The van der Waals surface area contributed by atoms with Crippen LogP contribution in [0.4, 0.5) is 0 Å². The third-order valence-electron chi connectivity index (χ3n) is 5.68. The largest absolute Gasteiger partial charge is 0.507 e. The topological polar surface area (TPSA) is 115 Å². The highest BCUT2D eigenvalue weighted by Gasteiger charge is 2.54. The fraction of sp³-hybridized carbons (Fsp3) is 0.200. The van der Waals surface area contributed by atoms with E-state index >= 15 is 0 Å². The quantitative estimate of drug-likeness (QED) is 0.575. The van der Waals surface area contributed by atoms with Gasteiger partial charge in [-0.05, 0) is 41.0 Å². The van der Waals surface area contributed by atoms with Crippen molar-refractivity contribution in [1.82, 2.24) is 0 Å². The number of hydrogen-bond donors (Lipinski definition) is 4. The zero-order valence-corrected chi connectivity index (χ0v) is 13.4. The summed E-state index contributed by atoms with van der Waals surface area (Å²) in [6.07, 6.45) is 1.04. The van der Waals surface area contributed by atoms with Crippen LogP contribution in [0.1, 0.15) is 44.2 Å². The van der Waals surface area contributed by atoms with E-state index in [0.29, 0.717) is 16.7 Å². The van der Waals surface area contributed by atoms with E-state index in [1.807, 2.05) is 0 Å². The first-order chi connectivity index (χ1) is 12.3. The molecule has 0 saturated carbocycles. The Morgan fingerprint density at radius 2 is 1.62 bits per heavy atom. The summed E-state index contributed by atoms with van der Waals surface area (Å²) in [7, 11) is 0. The zero-order chi connectivity index (χ0) is 18.4. The Morgan fingerprint density at radius 1 is 0.962 bits per heavy atom. The average Bonchev–Trinajstić information content (AvgIpc) is 2.58. The Balaban J connectivity index is 2.00. The maximum Gasteiger partial charge on any atom is 0.189 e. The van der Waals surface area contributed by atoms with E-state index in [-0.39, 0.29) is 34.6 Å². The summed E-state index contributed by atoms with van der Waals surface area (Å²) in [4.78, 5) is 24.8. The first-order valence-electron chi connectivity index (χ1n) is 8.24. The van der Waals surface area contributed by atoms with Gasteiger partial charge in [-0.1, -0.05) is 12.1 Å². The van der Waals surface area contributed by atoms with Crippen LogP contribution in [0.3, 0.4) is 0 Å². The summed E-state index contributed by atoms with van der Waals surface area (Å²) in [6.45, 7) is 0. The number of carbonyl (C=O) groups is 2. The van der Waals surface area contributed by atoms with E-state index in [1.165, 1.54) is 24.3 Å². The van der Waals surface area contributed by atoms with E-state index in [0.717, 1.165) is 0 Å². The van der Waals surface area contributed by atoms with Crippen molar-refractivity contribution in [3.8, 4) is 22.6 Å². The molecule has 5 rings (SSSR count). The van der Waals surface area contributed by atoms with Gasteiger partial charge in [-0.2, -0.15) is 0 Å². The van der Waals surface area contributed by atoms with Crippen LogP contribution in [0.15, 0.2) is 36.4 Å². The minimum absolute atomic E-state index is 0.00289. The van der Waals surface area contributed by atoms with Gasteiger partial charge >= 0.3 is 0 Å². The monoisotopic (exact) mass is 350 g/mol. The molecule has 3 aliphatic rings. The van der Waals surface area contributed by atoms with Gasteiger partial charge in [0.25, 0.3) is 0 Å². The van der Waals surface area contributed by atoms with Crippen LogP contribution < -0.4 is 0 Å². The molecule has 0 radical (unpaired) electrons. The number of fused-ring (bicyclic) bond motifs is 2. The van der Waals surface area contributed by atoms with Gasteiger partial charge in [0.1, 0.15) is 17.1 Å². The number of ketones is 2. The number of aliphatic hydroxyl groups is 2. The van der Waals surface area contributed by atoms with Crippen molar-refractivity contribution in [2.24, 2.45) is 0 Å². The molecule has 0 heterocycles. The molecule has 2 aromatic rings. The Hall–Kier alpha value is -2.96. The lowest BCUT2D eigenvalue weighted by Crippen LogP contribution is -2.47. The number of phenols is 2. The number of Topliss-reactive ketones (excluding diaryl/α,β-unsaturated/α-hetero) is 1. The van der Waals surface area contributed by atoms with Crippen molar-refractivity contribution in [1.29, 1.82) is 0 Å². The summed E-state index contributed by atoms with van der Waals surface area (Å²) >= 11 is 0. The van der Waals surface area contributed by atoms with Crippen molar-refractivity contribution in [3.05, 3.63) is 58.7 Å². The Kier molecular flexibility index (Phi) is 2.71. The van der Waals surface area contributed by atoms with Crippen molar-refractivity contribution < 1.29 is 30.0 Å². The Morgan fingerprint density at radius 3 is 2.35 bits per heavy atom. The number of benzene rings is 2. The number of aromatic hydroxyl groups is 2. The van der Waals surface area contributed by atoms with E-state index in [9.17, 15) is 30.0 Å². The summed E-state index contributed by atoms with van der Waals surface area (Å²) < 4.78 is 0. The third-order valence-corrected chi connectivity index (χ3v) is 5.68. The zero-order valence-electron chi connectivity index (χ0n) is 13.4. The highest BCUT2D eigenvalue weighted by molar-refractivity contribution is 6.12. The van der Waals surface area contributed by atoms with Crippen molar-refractivity contribution in [2.75, 3.05) is 0 Å². The summed E-state index contributed by atoms with van der Waals surface area (Å²) in [5, 5.41) is 42.6. The van der Waals surface area contributed by atoms with Gasteiger partial charge in [-0.25, -0.2) is 0 Å². The molecule has 6 nitrogen and oxygen atoms in total. The molecule has 1 unspecified atom stereocenters. The molecule has 0 aromatic heterocycles. The molecule has 3 atom stereocenters. The van der Waals surface area contributed by atoms with Crippen molar-refractivity contribution in [2.45, 2.75) is 24.0 Å². The number of carbonyl (C=O) groups excluding carboxylic acids is 2. The van der Waals surface area contributed by atoms with Crippen LogP contribution >= 0.6 is 0 Å². The van der Waals surface area contributed by atoms with Crippen LogP contribution in [0, 0.1) is 0 Å². The first-order valence-corrected chi connectivity index (χ1v) is 8.24. The molecular formula is C20H14O6. The molecule has 26 heavy (non-hydrogen) atoms. The second kappa shape index (κ2) is 4.60. The Labute approximate surface area is 147 Å². The predicted molar refractivity (Wildman–Crippen MR) is 90.3 cm³/mol. The highest BCUT2D eigenvalue weighted by Crippen LogP contribution is 2.58. The lowest BCUT2D eigenvalue weighted by molar-refractivity contribution is -0.0113. The van der Waals surface area contributed by atoms with E-state index in [2.05, 4.69) is 0 Å². The van der Waals surface area contributed by atoms with Crippen LogP contribution in [0.5, 0.6) is 11.5 Å². The molecule has 130 valence electrons. The molecule has 0 saturated heterocycles. The summed E-state index contributed by atoms with van der Waals surface area (Å²) in [5.41, 5.74) is -0.0283. The molecule has 0 fully saturated rings. The highest BCUT2D eigenvalue weighted by atomic mass is 16.3. The SMILES string of the molecule is O=C1C[C@H](O)C2c3c(ccc(O)c31)-c1ccc(O)c3c1[C@@]2(O)C=CC3=O. The number of rotatable bonds is 0. The summed E-state index contributed by atoms with van der Waals surface area (Å²) in [5.74, 6) is -2.22. The number of allylic oxidation sites excluding steroid dienone is 1. The third kappa shape index (κ3) is 1.58. The van der Waals surface area contributed by atoms with Gasteiger partial charge in [0.05, 0.1) is 17.2 Å². The molecule has 0 spiro atoms. The predicted octanol–water partition coefficient (Wildman–Crippen LogP) is 1.75. The molecule has 3 aliphatic carbocycles. The van der Waals surface area contributed by atoms with E-state index in [4.69, 9.17) is 0 Å². The molecule has 0 bridgehead atoms. The fourth-order valence-corrected chi connectivity index (χ4v) is 4.68. The fourth-order valence-electron chi connectivity index (χ4n) is 4.68. The lowest BCUT2D eigenvalue weighted by atomic mass is 9.59. The molecule has 6 heteroatoms. The maximum atomic E-state index is 12.4. The smallest absolute Gasteiger partial charge is 0.189 e. The molecular weight excluding hydrogens is 336 g/mol. The molecule has 2 aromatic carbocycles. The molecule has 4 N–H and O–H groups in total. The normalized spacial score (nSPS) is 27.9. The van der Waals surface area contributed by atoms with E-state index in [1.54, 1.807) is 12.1 Å². The standard InChI is InChI=1S/C20H14O6/c21-10-3-1-8-9-2-4-11(22)17-12(23)5-6-20(26,18(9)17)19-14(25)7-13(24)16(10)15(8)19/h1-6,14,19,21-22,25-26H,7H2/t14-,19?,20-/m0/s1. The van der Waals surface area contributed by atoms with Crippen LogP contribution in [0.25, 0.3) is 11.1 Å². The van der Waals surface area contributed by atoms with Gasteiger partial charge in [0.15, 0.2) is 11.6 Å². The molecule has 0 amide bonds. The molecule has 0 aliphatic heterocycles. The number of aliphatic hydroxyl groups excluding tert-OH is 1. The van der Waals surface area contributed by atoms with Gasteiger partial charge in [0.2, 0.25) is 0 Å². The van der Waals surface area contributed by atoms with Gasteiger partial charge < -0.3 is 20.4 Å². The Bertz CT molecular complexity index is 1070. The van der Waals surface area contributed by atoms with Gasteiger partial charge in [-0.15, -0.1) is 0 Å². The maximum absolute atomic E-state index is 12.4. The van der Waals surface area contributed by atoms with Crippen molar-refractivity contribution >= 4 is 11.6 Å². The minimum Gasteiger partial charge on any atom is -0.507 e. The van der Waals surface area contributed by atoms with Crippen LogP contribution in [0.2, 0.25) is 0 Å². The second-order valence-electron chi connectivity index (χ2n) is 7.00. The van der Waals surface area contributed by atoms with Crippen LogP contribution in [-0.2, 0) is 5.60 Å². The van der Waals surface area contributed by atoms with Gasteiger partial charge in [0, 0.05) is 17.9 Å². The van der Waals surface area contributed by atoms with E-state index < -0.39 is 29.2 Å². The average molecular weight is 350 g/mol. The lowest BCUT2D eigenvalue weighted by Gasteiger charge is -2.47. The second-order valence-corrected chi connectivity index (χ2v) is 7.00. The van der Waals surface area contributed by atoms with Crippen LogP contribution in [-0.4, -0.2) is 38.1 Å². The van der Waals surface area contributed by atoms with Gasteiger partial charge in [-0.3, -0.25) is 9.59 Å². The minimum atomic E-state index is -1.77. The summed E-state index contributed by atoms with van der Waals surface area (Å²) in [6, 6.07) is 5.93.